The van der Waals surface area contributed by atoms with E-state index >= 15 is 0 Å². The third-order valence-corrected chi connectivity index (χ3v) is 0.605. The second-order valence-electron chi connectivity index (χ2n) is 1.20. The monoisotopic (exact) mass is 124 g/mol. The molecule has 5 heteroatoms. The molecule has 0 aromatic heterocycles. The summed E-state index contributed by atoms with van der Waals surface area (Å²) in [6, 6.07) is 0. The van der Waals surface area contributed by atoms with E-state index in [1.54, 1.807) is 13.8 Å². The van der Waals surface area contributed by atoms with Gasteiger partial charge in [-0.05, 0) is 13.8 Å². The van der Waals surface area contributed by atoms with E-state index in [1.165, 1.54) is 0 Å². The van der Waals surface area contributed by atoms with E-state index in [2.05, 4.69) is 9.31 Å². The molecule has 0 fully saturated rings. The molecule has 0 aliphatic heterocycles. The Morgan fingerprint density at radius 1 is 1.22 bits per heavy atom. The molecular formula is C4H10BLiO3. The molecule has 0 radical (unpaired) electrons. The van der Waals surface area contributed by atoms with E-state index in [-0.39, 0.29) is 18.9 Å². The average Bonchev–Trinajstić information content (AvgIpc) is 1.68. The van der Waals surface area contributed by atoms with Gasteiger partial charge >= 0.3 is 26.2 Å². The van der Waals surface area contributed by atoms with Crippen molar-refractivity contribution >= 4 is 7.32 Å². The molecule has 0 unspecified atom stereocenters. The van der Waals surface area contributed by atoms with Crippen molar-refractivity contribution < 1.29 is 33.2 Å². The number of hydrogen-bond acceptors (Lipinski definition) is 3. The molecule has 9 heavy (non-hydrogen) atoms. The van der Waals surface area contributed by atoms with E-state index in [9.17, 15) is 5.02 Å². The first kappa shape index (κ1) is 12.2. The maximum Gasteiger partial charge on any atom is 1.00 e. The molecule has 0 saturated carbocycles. The minimum absolute atomic E-state index is 0. The SMILES string of the molecule is CCOB([O-])OCC.[Li+]. The van der Waals surface area contributed by atoms with Crippen LogP contribution in [0.15, 0.2) is 0 Å². The molecule has 0 heterocycles. The first-order valence-electron chi connectivity index (χ1n) is 2.70. The van der Waals surface area contributed by atoms with Gasteiger partial charge in [0.25, 0.3) is 0 Å². The predicted octanol–water partition coefficient (Wildman–Crippen LogP) is -3.59. The Kier molecular flexibility index (Phi) is 11.6. The Morgan fingerprint density at radius 3 is 1.78 bits per heavy atom. The zero-order valence-corrected chi connectivity index (χ0v) is 6.22. The van der Waals surface area contributed by atoms with Crippen LogP contribution in [0, 0.1) is 0 Å². The van der Waals surface area contributed by atoms with Gasteiger partial charge in [-0.3, -0.25) is 0 Å². The maximum atomic E-state index is 10.3. The van der Waals surface area contributed by atoms with Crippen molar-refractivity contribution in [2.45, 2.75) is 13.8 Å². The molecule has 0 saturated heterocycles. The Balaban J connectivity index is 0. The molecular weight excluding hydrogens is 114 g/mol. The first-order chi connectivity index (χ1) is 3.81. The van der Waals surface area contributed by atoms with Gasteiger partial charge in [-0.1, -0.05) is 0 Å². The van der Waals surface area contributed by atoms with E-state index in [1.807, 2.05) is 0 Å². The molecule has 0 aliphatic carbocycles. The smallest absolute Gasteiger partial charge is 0.832 e. The van der Waals surface area contributed by atoms with Crippen molar-refractivity contribution in [3.8, 4) is 0 Å². The largest absolute Gasteiger partial charge is 1.00 e. The van der Waals surface area contributed by atoms with Gasteiger partial charge < -0.3 is 14.3 Å². The average molecular weight is 124 g/mol. The van der Waals surface area contributed by atoms with Gasteiger partial charge in [-0.15, -0.1) is 0 Å². The van der Waals surface area contributed by atoms with Gasteiger partial charge in [-0.25, -0.2) is 0 Å². The van der Waals surface area contributed by atoms with E-state index in [0.29, 0.717) is 13.2 Å². The van der Waals surface area contributed by atoms with Crippen LogP contribution in [0.2, 0.25) is 0 Å². The van der Waals surface area contributed by atoms with Crippen molar-refractivity contribution in [3.63, 3.8) is 0 Å². The van der Waals surface area contributed by atoms with Crippen LogP contribution in [-0.2, 0) is 9.31 Å². The third kappa shape index (κ3) is 8.54. The molecule has 48 valence electrons. The molecule has 0 bridgehead atoms. The van der Waals surface area contributed by atoms with E-state index < -0.39 is 7.32 Å². The van der Waals surface area contributed by atoms with Gasteiger partial charge in [0.1, 0.15) is 0 Å². The maximum absolute atomic E-state index is 10.3. The molecule has 0 aromatic rings. The van der Waals surface area contributed by atoms with Crippen molar-refractivity contribution in [2.75, 3.05) is 13.2 Å². The summed E-state index contributed by atoms with van der Waals surface area (Å²) in [4.78, 5) is 0. The number of rotatable bonds is 4. The molecule has 0 atom stereocenters. The van der Waals surface area contributed by atoms with Gasteiger partial charge in [0.05, 0.1) is 0 Å². The van der Waals surface area contributed by atoms with Crippen molar-refractivity contribution in [1.29, 1.82) is 0 Å². The van der Waals surface area contributed by atoms with Crippen molar-refractivity contribution in [1.82, 2.24) is 0 Å². The summed E-state index contributed by atoms with van der Waals surface area (Å²) in [7, 11) is -1.29. The molecule has 0 rings (SSSR count). The Morgan fingerprint density at radius 2 is 1.56 bits per heavy atom. The van der Waals surface area contributed by atoms with Crippen LogP contribution < -0.4 is 23.9 Å². The van der Waals surface area contributed by atoms with Gasteiger partial charge in [0, 0.05) is 13.2 Å². The normalized spacial score (nSPS) is 8.33. The fraction of sp³-hybridized carbons (Fsp3) is 1.00. The van der Waals surface area contributed by atoms with Crippen molar-refractivity contribution in [2.24, 2.45) is 0 Å². The molecule has 0 aliphatic rings. The van der Waals surface area contributed by atoms with E-state index in [0.717, 1.165) is 0 Å². The Hall–Kier alpha value is 0.542. The van der Waals surface area contributed by atoms with Gasteiger partial charge in [0.2, 0.25) is 0 Å². The Bertz CT molecular complexity index is 49.1. The van der Waals surface area contributed by atoms with Crippen LogP contribution in [0.25, 0.3) is 0 Å². The van der Waals surface area contributed by atoms with Gasteiger partial charge in [0.15, 0.2) is 0 Å². The fourth-order valence-corrected chi connectivity index (χ4v) is 0.320. The van der Waals surface area contributed by atoms with Gasteiger partial charge in [-0.2, -0.15) is 0 Å². The number of hydrogen-bond donors (Lipinski definition) is 0. The zero-order chi connectivity index (χ0) is 6.41. The fourth-order valence-electron chi connectivity index (χ4n) is 0.320. The van der Waals surface area contributed by atoms with Crippen LogP contribution in [0.5, 0.6) is 0 Å². The summed E-state index contributed by atoms with van der Waals surface area (Å²) < 4.78 is 9.01. The second kappa shape index (κ2) is 8.54. The first-order valence-corrected chi connectivity index (χ1v) is 2.70. The summed E-state index contributed by atoms with van der Waals surface area (Å²) in [5.41, 5.74) is 0. The summed E-state index contributed by atoms with van der Waals surface area (Å²) in [5.74, 6) is 0. The second-order valence-corrected chi connectivity index (χ2v) is 1.20. The zero-order valence-electron chi connectivity index (χ0n) is 6.22. The molecule has 0 aromatic carbocycles. The quantitative estimate of drug-likeness (QED) is 0.363. The Labute approximate surface area is 68.1 Å². The van der Waals surface area contributed by atoms with Crippen LogP contribution in [0.1, 0.15) is 13.8 Å². The third-order valence-electron chi connectivity index (χ3n) is 0.605. The van der Waals surface area contributed by atoms with Crippen LogP contribution in [-0.4, -0.2) is 20.5 Å². The van der Waals surface area contributed by atoms with Crippen molar-refractivity contribution in [3.05, 3.63) is 0 Å². The minimum Gasteiger partial charge on any atom is -0.832 e. The van der Waals surface area contributed by atoms with Crippen LogP contribution in [0.3, 0.4) is 0 Å². The standard InChI is InChI=1S/C4H10BO3.Li/c1-3-7-5(6)8-4-2;/h3-4H2,1-2H3;/q-1;+1. The summed E-state index contributed by atoms with van der Waals surface area (Å²) in [5, 5.41) is 10.3. The van der Waals surface area contributed by atoms with E-state index in [4.69, 9.17) is 0 Å². The molecule has 0 N–H and O–H groups in total. The summed E-state index contributed by atoms with van der Waals surface area (Å²) >= 11 is 0. The van der Waals surface area contributed by atoms with Crippen LogP contribution in [0.4, 0.5) is 0 Å². The topological polar surface area (TPSA) is 41.5 Å². The predicted molar refractivity (Wildman–Crippen MR) is 29.0 cm³/mol. The van der Waals surface area contributed by atoms with Crippen LogP contribution >= 0.6 is 0 Å². The molecule has 0 spiro atoms. The minimum atomic E-state index is -1.29. The summed E-state index contributed by atoms with van der Waals surface area (Å²) in [6.07, 6.45) is 0. The molecule has 0 amide bonds. The molecule has 3 nitrogen and oxygen atoms in total. The summed E-state index contributed by atoms with van der Waals surface area (Å²) in [6.45, 7) is 4.33.